The Morgan fingerprint density at radius 3 is 2.29 bits per heavy atom. The first-order chi connectivity index (χ1) is 8.06. The highest BCUT2D eigenvalue weighted by Gasteiger charge is 2.12. The largest absolute Gasteiger partial charge is 0.394 e. The molecular weight excluding hydrogens is 224 g/mol. The van der Waals surface area contributed by atoms with Crippen molar-refractivity contribution >= 4 is 11.5 Å². The molecule has 0 saturated heterocycles. The van der Waals surface area contributed by atoms with E-state index in [1.54, 1.807) is 0 Å². The van der Waals surface area contributed by atoms with Gasteiger partial charge in [-0.25, -0.2) is 8.78 Å². The van der Waals surface area contributed by atoms with E-state index in [9.17, 15) is 13.6 Å². The van der Waals surface area contributed by atoms with Gasteiger partial charge in [-0.3, -0.25) is 4.79 Å². The van der Waals surface area contributed by atoms with Gasteiger partial charge in [0, 0.05) is 12.0 Å². The fraction of sp³-hybridized carbons (Fsp3) is 0.462. The highest BCUT2D eigenvalue weighted by Crippen LogP contribution is 2.19. The molecule has 1 aromatic rings. The molecular formula is C13H17F2NO. The number of nitrogen functional groups attached to an aromatic ring is 1. The molecule has 0 radical (unpaired) electrons. The molecule has 0 fully saturated rings. The van der Waals surface area contributed by atoms with E-state index in [4.69, 9.17) is 5.73 Å². The lowest BCUT2D eigenvalue weighted by molar-refractivity contribution is 0.0978. The summed E-state index contributed by atoms with van der Waals surface area (Å²) >= 11 is 0. The van der Waals surface area contributed by atoms with Gasteiger partial charge in [0.1, 0.15) is 17.3 Å². The lowest BCUT2D eigenvalue weighted by Gasteiger charge is -2.04. The number of rotatable bonds is 6. The SMILES string of the molecule is CCCCCCC(=O)c1cc(F)c(N)c(F)c1. The number of ketones is 1. The predicted octanol–water partition coefficient (Wildman–Crippen LogP) is 3.70. The lowest BCUT2D eigenvalue weighted by Crippen LogP contribution is -2.04. The fourth-order valence-corrected chi connectivity index (χ4v) is 1.60. The minimum absolute atomic E-state index is 0.0608. The van der Waals surface area contributed by atoms with E-state index in [-0.39, 0.29) is 11.3 Å². The summed E-state index contributed by atoms with van der Waals surface area (Å²) in [6.45, 7) is 2.08. The molecule has 0 saturated carbocycles. The van der Waals surface area contributed by atoms with Gasteiger partial charge in [-0.05, 0) is 18.6 Å². The first-order valence-corrected chi connectivity index (χ1v) is 5.84. The van der Waals surface area contributed by atoms with E-state index in [0.717, 1.165) is 37.8 Å². The number of nitrogens with two attached hydrogens (primary N) is 1. The van der Waals surface area contributed by atoms with Crippen LogP contribution in [0.2, 0.25) is 0 Å². The fourth-order valence-electron chi connectivity index (χ4n) is 1.60. The van der Waals surface area contributed by atoms with Crippen LogP contribution < -0.4 is 5.73 Å². The Morgan fingerprint density at radius 2 is 1.76 bits per heavy atom. The minimum atomic E-state index is -0.873. The second-order valence-electron chi connectivity index (χ2n) is 4.09. The number of Topliss-reactive ketones (excluding diaryl/α,β-unsaturated/α-hetero) is 1. The molecule has 0 unspecified atom stereocenters. The van der Waals surface area contributed by atoms with Gasteiger partial charge in [0.15, 0.2) is 5.78 Å². The van der Waals surface area contributed by atoms with Crippen molar-refractivity contribution in [2.45, 2.75) is 39.0 Å². The molecule has 0 aliphatic heterocycles. The third kappa shape index (κ3) is 3.80. The van der Waals surface area contributed by atoms with Crippen molar-refractivity contribution < 1.29 is 13.6 Å². The molecule has 0 aliphatic rings. The molecule has 0 amide bonds. The Balaban J connectivity index is 2.63. The van der Waals surface area contributed by atoms with Crippen molar-refractivity contribution in [2.24, 2.45) is 0 Å². The molecule has 2 nitrogen and oxygen atoms in total. The highest BCUT2D eigenvalue weighted by atomic mass is 19.1. The van der Waals surface area contributed by atoms with Gasteiger partial charge >= 0.3 is 0 Å². The van der Waals surface area contributed by atoms with Crippen molar-refractivity contribution in [3.05, 3.63) is 29.3 Å². The van der Waals surface area contributed by atoms with E-state index in [0.29, 0.717) is 6.42 Å². The number of halogens is 2. The zero-order chi connectivity index (χ0) is 12.8. The number of hydrogen-bond acceptors (Lipinski definition) is 2. The Labute approximate surface area is 99.8 Å². The van der Waals surface area contributed by atoms with Crippen LogP contribution in [0.1, 0.15) is 49.4 Å². The predicted molar refractivity (Wildman–Crippen MR) is 63.9 cm³/mol. The Hall–Kier alpha value is -1.45. The molecule has 0 bridgehead atoms. The topological polar surface area (TPSA) is 43.1 Å². The van der Waals surface area contributed by atoms with Crippen LogP contribution in [0.4, 0.5) is 14.5 Å². The quantitative estimate of drug-likeness (QED) is 0.469. The maximum Gasteiger partial charge on any atom is 0.163 e. The number of carbonyl (C=O) groups excluding carboxylic acids is 1. The minimum Gasteiger partial charge on any atom is -0.394 e. The molecule has 4 heteroatoms. The van der Waals surface area contributed by atoms with Crippen molar-refractivity contribution in [1.82, 2.24) is 0 Å². The van der Waals surface area contributed by atoms with Gasteiger partial charge in [-0.15, -0.1) is 0 Å². The van der Waals surface area contributed by atoms with Crippen LogP contribution >= 0.6 is 0 Å². The van der Waals surface area contributed by atoms with Crippen LogP contribution in [0.3, 0.4) is 0 Å². The molecule has 94 valence electrons. The molecule has 0 spiro atoms. The van der Waals surface area contributed by atoms with Gasteiger partial charge in [-0.2, -0.15) is 0 Å². The van der Waals surface area contributed by atoms with Crippen molar-refractivity contribution in [2.75, 3.05) is 5.73 Å². The second kappa shape index (κ2) is 6.33. The number of benzene rings is 1. The van der Waals surface area contributed by atoms with E-state index in [2.05, 4.69) is 6.92 Å². The molecule has 1 aromatic carbocycles. The van der Waals surface area contributed by atoms with Crippen LogP contribution in [-0.2, 0) is 0 Å². The third-order valence-corrected chi connectivity index (χ3v) is 2.66. The maximum absolute atomic E-state index is 13.1. The summed E-state index contributed by atoms with van der Waals surface area (Å²) in [4.78, 5) is 11.6. The van der Waals surface area contributed by atoms with E-state index >= 15 is 0 Å². The van der Waals surface area contributed by atoms with Crippen LogP contribution in [0.25, 0.3) is 0 Å². The van der Waals surface area contributed by atoms with Crippen LogP contribution in [0.15, 0.2) is 12.1 Å². The standard InChI is InChI=1S/C13H17F2NO/c1-2-3-4-5-6-12(17)9-7-10(14)13(16)11(15)8-9/h7-8H,2-6,16H2,1H3. The van der Waals surface area contributed by atoms with Gasteiger partial charge in [0.05, 0.1) is 0 Å². The van der Waals surface area contributed by atoms with Crippen molar-refractivity contribution in [3.63, 3.8) is 0 Å². The maximum atomic E-state index is 13.1. The molecule has 0 aromatic heterocycles. The first-order valence-electron chi connectivity index (χ1n) is 5.84. The average molecular weight is 241 g/mol. The van der Waals surface area contributed by atoms with Crippen molar-refractivity contribution in [3.8, 4) is 0 Å². The third-order valence-electron chi connectivity index (χ3n) is 2.66. The number of unbranched alkanes of at least 4 members (excludes halogenated alkanes) is 3. The van der Waals surface area contributed by atoms with Gasteiger partial charge in [-0.1, -0.05) is 26.2 Å². The second-order valence-corrected chi connectivity index (χ2v) is 4.09. The summed E-state index contributed by atoms with van der Waals surface area (Å²) in [5.74, 6) is -1.98. The zero-order valence-corrected chi connectivity index (χ0v) is 9.93. The lowest BCUT2D eigenvalue weighted by atomic mass is 10.0. The summed E-state index contributed by atoms with van der Waals surface area (Å²) in [6, 6.07) is 2.00. The summed E-state index contributed by atoms with van der Waals surface area (Å²) in [7, 11) is 0. The highest BCUT2D eigenvalue weighted by molar-refractivity contribution is 5.96. The van der Waals surface area contributed by atoms with Crippen molar-refractivity contribution in [1.29, 1.82) is 0 Å². The average Bonchev–Trinajstić information content (AvgIpc) is 2.30. The number of carbonyl (C=O) groups is 1. The normalized spacial score (nSPS) is 10.5. The van der Waals surface area contributed by atoms with E-state index in [1.165, 1.54) is 0 Å². The zero-order valence-electron chi connectivity index (χ0n) is 9.93. The van der Waals surface area contributed by atoms with E-state index < -0.39 is 17.3 Å². The molecule has 1 rings (SSSR count). The van der Waals surface area contributed by atoms with Gasteiger partial charge < -0.3 is 5.73 Å². The van der Waals surface area contributed by atoms with Crippen LogP contribution in [0, 0.1) is 11.6 Å². The molecule has 2 N–H and O–H groups in total. The number of anilines is 1. The Morgan fingerprint density at radius 1 is 1.18 bits per heavy atom. The monoisotopic (exact) mass is 241 g/mol. The molecule has 17 heavy (non-hydrogen) atoms. The Kier molecular flexibility index (Phi) is 5.07. The first kappa shape index (κ1) is 13.6. The van der Waals surface area contributed by atoms with E-state index in [1.807, 2.05) is 0 Å². The summed E-state index contributed by atoms with van der Waals surface area (Å²) in [6.07, 6.45) is 4.18. The molecule has 0 aliphatic carbocycles. The van der Waals surface area contributed by atoms with Gasteiger partial charge in [0.25, 0.3) is 0 Å². The Bertz CT molecular complexity index is 381. The number of hydrogen-bond donors (Lipinski definition) is 1. The summed E-state index contributed by atoms with van der Waals surface area (Å²) < 4.78 is 26.3. The smallest absolute Gasteiger partial charge is 0.163 e. The van der Waals surface area contributed by atoms with Gasteiger partial charge in [0.2, 0.25) is 0 Å². The molecule has 0 heterocycles. The summed E-state index contributed by atoms with van der Waals surface area (Å²) in [5, 5.41) is 0. The van der Waals surface area contributed by atoms with Crippen LogP contribution in [0.5, 0.6) is 0 Å². The summed E-state index contributed by atoms with van der Waals surface area (Å²) in [5.41, 5.74) is 4.66. The molecule has 0 atom stereocenters. The van der Waals surface area contributed by atoms with Crippen LogP contribution in [-0.4, -0.2) is 5.78 Å².